The molecule has 1 unspecified atom stereocenters. The number of rotatable bonds is 7. The minimum absolute atomic E-state index is 0.0118. The van der Waals surface area contributed by atoms with Gasteiger partial charge >= 0.3 is 0 Å². The molecule has 0 aliphatic carbocycles. The van der Waals surface area contributed by atoms with E-state index in [1.807, 2.05) is 31.3 Å². The number of nitrogens with zero attached hydrogens (tertiary/aromatic N) is 1. The summed E-state index contributed by atoms with van der Waals surface area (Å²) in [5.41, 5.74) is 2.37. The lowest BCUT2D eigenvalue weighted by molar-refractivity contribution is -0.885. The number of carbonyl (C=O) groups excluding carboxylic acids is 1. The topological polar surface area (TPSA) is 85.9 Å². The van der Waals surface area contributed by atoms with Crippen molar-refractivity contribution in [1.82, 2.24) is 0 Å². The summed E-state index contributed by atoms with van der Waals surface area (Å²) in [5, 5.41) is 13.6. The second-order valence-electron chi connectivity index (χ2n) is 5.96. The monoisotopic (exact) mass is 344 g/mol. The first-order chi connectivity index (χ1) is 11.9. The molecular weight excluding hydrogens is 322 g/mol. The summed E-state index contributed by atoms with van der Waals surface area (Å²) in [6.45, 7) is 2.73. The number of non-ortho nitro benzene ring substituents is 1. The van der Waals surface area contributed by atoms with Crippen LogP contribution in [0, 0.1) is 17.0 Å². The van der Waals surface area contributed by atoms with Gasteiger partial charge in [-0.05, 0) is 42.8 Å². The molecule has 0 saturated heterocycles. The Bertz CT molecular complexity index is 759. The quantitative estimate of drug-likeness (QED) is 0.590. The van der Waals surface area contributed by atoms with Crippen molar-refractivity contribution in [3.63, 3.8) is 0 Å². The molecule has 0 saturated carbocycles. The number of likely N-dealkylation sites (N-methyl/N-ethyl adjacent to an activating group) is 1. The Morgan fingerprint density at radius 2 is 1.92 bits per heavy atom. The first kappa shape index (κ1) is 18.4. The third-order valence-corrected chi connectivity index (χ3v) is 3.82. The summed E-state index contributed by atoms with van der Waals surface area (Å²) >= 11 is 0. The fourth-order valence-corrected chi connectivity index (χ4v) is 2.52. The minimum Gasteiger partial charge on any atom is -0.497 e. The number of anilines is 1. The molecule has 1 amide bonds. The van der Waals surface area contributed by atoms with Gasteiger partial charge in [-0.15, -0.1) is 0 Å². The highest BCUT2D eigenvalue weighted by Crippen LogP contribution is 2.20. The standard InChI is InChI=1S/C18H21N3O4/c1-13-10-15(21(23)24)6-9-17(13)19-18(22)12-20(2)11-14-4-7-16(25-3)8-5-14/h4-10H,11-12H2,1-3H3,(H,19,22)/p+1. The highest BCUT2D eigenvalue weighted by molar-refractivity contribution is 5.92. The smallest absolute Gasteiger partial charge is 0.279 e. The van der Waals surface area contributed by atoms with Crippen LogP contribution in [0.5, 0.6) is 5.75 Å². The average Bonchev–Trinajstić information content (AvgIpc) is 2.57. The fourth-order valence-electron chi connectivity index (χ4n) is 2.52. The van der Waals surface area contributed by atoms with E-state index in [9.17, 15) is 14.9 Å². The second kappa shape index (κ2) is 8.25. The van der Waals surface area contributed by atoms with Crippen molar-refractivity contribution in [2.24, 2.45) is 0 Å². The van der Waals surface area contributed by atoms with Gasteiger partial charge in [0.1, 0.15) is 12.3 Å². The predicted octanol–water partition coefficient (Wildman–Crippen LogP) is 1.57. The number of hydrogen-bond acceptors (Lipinski definition) is 4. The Kier molecular flexibility index (Phi) is 6.08. The number of nitro benzene ring substituents is 1. The van der Waals surface area contributed by atoms with Crippen LogP contribution < -0.4 is 15.0 Å². The van der Waals surface area contributed by atoms with E-state index in [2.05, 4.69) is 5.32 Å². The number of nitro groups is 1. The number of carbonyl (C=O) groups is 1. The number of ether oxygens (including phenoxy) is 1. The van der Waals surface area contributed by atoms with Crippen molar-refractivity contribution >= 4 is 17.3 Å². The van der Waals surface area contributed by atoms with Gasteiger partial charge < -0.3 is 15.0 Å². The Balaban J connectivity index is 1.91. The minimum atomic E-state index is -0.453. The van der Waals surface area contributed by atoms with Gasteiger partial charge in [-0.3, -0.25) is 14.9 Å². The summed E-state index contributed by atoms with van der Waals surface area (Å²) in [6, 6.07) is 12.1. The van der Waals surface area contributed by atoms with Crippen molar-refractivity contribution in [2.45, 2.75) is 13.5 Å². The van der Waals surface area contributed by atoms with Crippen LogP contribution >= 0.6 is 0 Å². The van der Waals surface area contributed by atoms with Crippen molar-refractivity contribution in [3.05, 3.63) is 63.7 Å². The van der Waals surface area contributed by atoms with Gasteiger partial charge in [0.2, 0.25) is 0 Å². The van der Waals surface area contributed by atoms with Gasteiger partial charge in [0, 0.05) is 23.4 Å². The number of aryl methyl sites for hydroxylation is 1. The molecule has 25 heavy (non-hydrogen) atoms. The van der Waals surface area contributed by atoms with Crippen LogP contribution in [0.2, 0.25) is 0 Å². The number of methoxy groups -OCH3 is 1. The zero-order valence-corrected chi connectivity index (χ0v) is 14.5. The average molecular weight is 344 g/mol. The highest BCUT2D eigenvalue weighted by atomic mass is 16.6. The molecular formula is C18H22N3O4+. The van der Waals surface area contributed by atoms with E-state index >= 15 is 0 Å². The first-order valence-electron chi connectivity index (χ1n) is 7.88. The fraction of sp³-hybridized carbons (Fsp3) is 0.278. The third kappa shape index (κ3) is 5.29. The van der Waals surface area contributed by atoms with Crippen LogP contribution in [0.25, 0.3) is 0 Å². The third-order valence-electron chi connectivity index (χ3n) is 3.82. The molecule has 1 atom stereocenters. The van der Waals surface area contributed by atoms with Crippen LogP contribution in [-0.4, -0.2) is 31.5 Å². The van der Waals surface area contributed by atoms with E-state index < -0.39 is 4.92 Å². The van der Waals surface area contributed by atoms with Gasteiger partial charge in [0.25, 0.3) is 11.6 Å². The SMILES string of the molecule is COc1ccc(C[NH+](C)CC(=O)Nc2ccc([N+](=O)[O-])cc2C)cc1. The predicted molar refractivity (Wildman–Crippen MR) is 94.9 cm³/mol. The molecule has 0 radical (unpaired) electrons. The molecule has 132 valence electrons. The molecule has 0 bridgehead atoms. The maximum Gasteiger partial charge on any atom is 0.279 e. The molecule has 2 N–H and O–H groups in total. The van der Waals surface area contributed by atoms with E-state index in [4.69, 9.17) is 4.74 Å². The van der Waals surface area contributed by atoms with Crippen LogP contribution in [-0.2, 0) is 11.3 Å². The lowest BCUT2D eigenvalue weighted by Gasteiger charge is -2.15. The molecule has 0 spiro atoms. The molecule has 0 aromatic heterocycles. The molecule has 0 heterocycles. The second-order valence-corrected chi connectivity index (χ2v) is 5.96. The normalized spacial score (nSPS) is 11.6. The van der Waals surface area contributed by atoms with Gasteiger partial charge in [-0.1, -0.05) is 0 Å². The molecule has 7 nitrogen and oxygen atoms in total. The van der Waals surface area contributed by atoms with Crippen molar-refractivity contribution in [3.8, 4) is 5.75 Å². The van der Waals surface area contributed by atoms with E-state index in [0.29, 0.717) is 24.3 Å². The first-order valence-corrected chi connectivity index (χ1v) is 7.88. The Hall–Kier alpha value is -2.93. The molecule has 2 aromatic carbocycles. The van der Waals surface area contributed by atoms with E-state index in [-0.39, 0.29) is 11.6 Å². The number of benzene rings is 2. The zero-order chi connectivity index (χ0) is 18.4. The zero-order valence-electron chi connectivity index (χ0n) is 14.5. The van der Waals surface area contributed by atoms with Crippen LogP contribution in [0.15, 0.2) is 42.5 Å². The van der Waals surface area contributed by atoms with Crippen molar-refractivity contribution in [2.75, 3.05) is 26.0 Å². The van der Waals surface area contributed by atoms with Gasteiger partial charge in [-0.25, -0.2) is 0 Å². The highest BCUT2D eigenvalue weighted by Gasteiger charge is 2.14. The Morgan fingerprint density at radius 3 is 2.48 bits per heavy atom. The van der Waals surface area contributed by atoms with E-state index in [1.165, 1.54) is 12.1 Å². The number of quaternary nitrogens is 1. The summed E-state index contributed by atoms with van der Waals surface area (Å²) in [7, 11) is 3.56. The van der Waals surface area contributed by atoms with Gasteiger partial charge in [0.15, 0.2) is 6.54 Å². The van der Waals surface area contributed by atoms with Crippen LogP contribution in [0.4, 0.5) is 11.4 Å². The molecule has 0 aliphatic heterocycles. The van der Waals surface area contributed by atoms with E-state index in [0.717, 1.165) is 16.2 Å². The number of amides is 1. The Labute approximate surface area is 146 Å². The molecule has 7 heteroatoms. The van der Waals surface area contributed by atoms with Gasteiger partial charge in [0.05, 0.1) is 19.1 Å². The number of hydrogen-bond donors (Lipinski definition) is 2. The summed E-state index contributed by atoms with van der Waals surface area (Å²) in [6.07, 6.45) is 0. The Morgan fingerprint density at radius 1 is 1.24 bits per heavy atom. The number of nitrogens with one attached hydrogen (secondary N) is 2. The maximum absolute atomic E-state index is 12.2. The molecule has 2 rings (SSSR count). The van der Waals surface area contributed by atoms with Crippen molar-refractivity contribution in [1.29, 1.82) is 0 Å². The van der Waals surface area contributed by atoms with Crippen molar-refractivity contribution < 1.29 is 19.4 Å². The maximum atomic E-state index is 12.2. The van der Waals surface area contributed by atoms with Crippen LogP contribution in [0.1, 0.15) is 11.1 Å². The van der Waals surface area contributed by atoms with Gasteiger partial charge in [-0.2, -0.15) is 0 Å². The molecule has 0 fully saturated rings. The molecule has 2 aromatic rings. The lowest BCUT2D eigenvalue weighted by Crippen LogP contribution is -3.08. The summed E-state index contributed by atoms with van der Waals surface area (Å²) in [5.74, 6) is 0.663. The van der Waals surface area contributed by atoms with E-state index in [1.54, 1.807) is 20.1 Å². The summed E-state index contributed by atoms with van der Waals surface area (Å²) < 4.78 is 5.13. The lowest BCUT2D eigenvalue weighted by atomic mass is 10.1. The summed E-state index contributed by atoms with van der Waals surface area (Å²) in [4.78, 5) is 23.5. The largest absolute Gasteiger partial charge is 0.497 e. The van der Waals surface area contributed by atoms with Crippen LogP contribution in [0.3, 0.4) is 0 Å². The molecule has 0 aliphatic rings.